The van der Waals surface area contributed by atoms with Crippen LogP contribution in [0.4, 0.5) is 5.69 Å². The maximum Gasteiger partial charge on any atom is 0.264 e. The van der Waals surface area contributed by atoms with Crippen molar-refractivity contribution in [1.29, 1.82) is 0 Å². The Morgan fingerprint density at radius 3 is 2.28 bits per heavy atom. The van der Waals surface area contributed by atoms with Crippen molar-refractivity contribution in [2.75, 3.05) is 10.8 Å². The van der Waals surface area contributed by atoms with E-state index in [1.807, 2.05) is 62.4 Å². The SMILES string of the molecule is Cc1cc(C)cc(N(CCC(=O)NC2CCCC2)S(=O)(=O)c2ccc3ccccc3c2)c1. The number of sulfonamides is 1. The van der Waals surface area contributed by atoms with Gasteiger partial charge in [0.2, 0.25) is 5.91 Å². The van der Waals surface area contributed by atoms with Gasteiger partial charge in [-0.2, -0.15) is 0 Å². The third-order valence-corrected chi connectivity index (χ3v) is 7.89. The van der Waals surface area contributed by atoms with E-state index < -0.39 is 10.0 Å². The molecule has 6 heteroatoms. The fraction of sp³-hybridized carbons (Fsp3) is 0.346. The molecule has 1 fully saturated rings. The summed E-state index contributed by atoms with van der Waals surface area (Å²) < 4.78 is 28.9. The number of hydrogen-bond donors (Lipinski definition) is 1. The van der Waals surface area contributed by atoms with Crippen LogP contribution in [-0.4, -0.2) is 26.9 Å². The molecular weight excluding hydrogens is 420 g/mol. The van der Waals surface area contributed by atoms with E-state index >= 15 is 0 Å². The quantitative estimate of drug-likeness (QED) is 0.545. The zero-order valence-electron chi connectivity index (χ0n) is 18.7. The number of hydrogen-bond acceptors (Lipinski definition) is 3. The Balaban J connectivity index is 1.65. The van der Waals surface area contributed by atoms with Crippen molar-refractivity contribution < 1.29 is 13.2 Å². The highest BCUT2D eigenvalue weighted by molar-refractivity contribution is 7.92. The predicted octanol–water partition coefficient (Wildman–Crippen LogP) is 5.10. The van der Waals surface area contributed by atoms with Crippen molar-refractivity contribution in [2.24, 2.45) is 0 Å². The number of nitrogens with zero attached hydrogens (tertiary/aromatic N) is 1. The minimum Gasteiger partial charge on any atom is -0.353 e. The summed E-state index contributed by atoms with van der Waals surface area (Å²) in [6.07, 6.45) is 4.39. The van der Waals surface area contributed by atoms with E-state index in [2.05, 4.69) is 5.32 Å². The molecule has 0 spiro atoms. The Morgan fingerprint density at radius 2 is 1.59 bits per heavy atom. The lowest BCUT2D eigenvalue weighted by atomic mass is 10.1. The number of amides is 1. The Kier molecular flexibility index (Phi) is 6.51. The van der Waals surface area contributed by atoms with Crippen LogP contribution < -0.4 is 9.62 Å². The van der Waals surface area contributed by atoms with Crippen LogP contribution >= 0.6 is 0 Å². The minimum atomic E-state index is -3.85. The standard InChI is InChI=1S/C26H30N2O3S/c1-19-15-20(2)17-24(16-19)28(14-13-26(29)27-23-9-5-6-10-23)32(30,31)25-12-11-21-7-3-4-8-22(21)18-25/h3-4,7-8,11-12,15-18,23H,5-6,9-10,13-14H2,1-2H3,(H,27,29). The second-order valence-corrected chi connectivity index (χ2v) is 10.6. The van der Waals surface area contributed by atoms with Crippen LogP contribution in [0.25, 0.3) is 10.8 Å². The van der Waals surface area contributed by atoms with Crippen LogP contribution in [0.2, 0.25) is 0 Å². The molecule has 0 bridgehead atoms. The zero-order valence-corrected chi connectivity index (χ0v) is 19.5. The van der Waals surface area contributed by atoms with Crippen molar-refractivity contribution in [3.8, 4) is 0 Å². The molecule has 0 aliphatic heterocycles. The third kappa shape index (κ3) is 4.96. The fourth-order valence-corrected chi connectivity index (χ4v) is 6.00. The topological polar surface area (TPSA) is 66.5 Å². The number of carbonyl (C=O) groups is 1. The Bertz CT molecular complexity index is 1210. The molecule has 1 aliphatic rings. The van der Waals surface area contributed by atoms with Crippen LogP contribution in [-0.2, 0) is 14.8 Å². The van der Waals surface area contributed by atoms with Crippen LogP contribution in [0.3, 0.4) is 0 Å². The molecule has 0 aromatic heterocycles. The lowest BCUT2D eigenvalue weighted by Crippen LogP contribution is -2.38. The van der Waals surface area contributed by atoms with Crippen molar-refractivity contribution in [3.63, 3.8) is 0 Å². The van der Waals surface area contributed by atoms with Gasteiger partial charge in [-0.1, -0.05) is 49.2 Å². The molecule has 0 heterocycles. The van der Waals surface area contributed by atoms with E-state index in [0.29, 0.717) is 5.69 Å². The number of benzene rings is 3. The Hall–Kier alpha value is -2.86. The molecule has 0 atom stereocenters. The van der Waals surface area contributed by atoms with Gasteiger partial charge in [-0.25, -0.2) is 8.42 Å². The summed E-state index contributed by atoms with van der Waals surface area (Å²) in [6, 6.07) is 18.8. The number of nitrogens with one attached hydrogen (secondary N) is 1. The lowest BCUT2D eigenvalue weighted by molar-refractivity contribution is -0.121. The molecule has 5 nitrogen and oxygen atoms in total. The highest BCUT2D eigenvalue weighted by Crippen LogP contribution is 2.28. The van der Waals surface area contributed by atoms with Crippen molar-refractivity contribution >= 4 is 32.4 Å². The maximum absolute atomic E-state index is 13.8. The Morgan fingerprint density at radius 1 is 0.938 bits per heavy atom. The first kappa shape index (κ1) is 22.3. The first-order valence-electron chi connectivity index (χ1n) is 11.2. The summed E-state index contributed by atoms with van der Waals surface area (Å²) >= 11 is 0. The number of anilines is 1. The molecule has 3 aromatic rings. The summed E-state index contributed by atoms with van der Waals surface area (Å²) in [7, 11) is -3.85. The van der Waals surface area contributed by atoms with Crippen LogP contribution in [0.5, 0.6) is 0 Å². The maximum atomic E-state index is 13.8. The molecule has 1 amide bonds. The number of aryl methyl sites for hydroxylation is 2. The summed E-state index contributed by atoms with van der Waals surface area (Å²) in [5, 5.41) is 4.92. The first-order chi connectivity index (χ1) is 15.3. The van der Waals surface area contributed by atoms with Crippen LogP contribution in [0.15, 0.2) is 65.6 Å². The summed E-state index contributed by atoms with van der Waals surface area (Å²) in [5.41, 5.74) is 2.55. The van der Waals surface area contributed by atoms with Gasteiger partial charge in [0, 0.05) is 19.0 Å². The Labute approximate surface area is 190 Å². The molecule has 1 N–H and O–H groups in total. The van der Waals surface area contributed by atoms with E-state index in [4.69, 9.17) is 0 Å². The van der Waals surface area contributed by atoms with E-state index in [1.165, 1.54) is 4.31 Å². The highest BCUT2D eigenvalue weighted by atomic mass is 32.2. The van der Waals surface area contributed by atoms with Crippen molar-refractivity contribution in [2.45, 2.75) is 56.9 Å². The molecular formula is C26H30N2O3S. The minimum absolute atomic E-state index is 0.0939. The number of rotatable bonds is 7. The van der Waals surface area contributed by atoms with Gasteiger partial charge in [-0.15, -0.1) is 0 Å². The highest BCUT2D eigenvalue weighted by Gasteiger charge is 2.27. The van der Waals surface area contributed by atoms with Crippen LogP contribution in [0.1, 0.15) is 43.2 Å². The number of carbonyl (C=O) groups excluding carboxylic acids is 1. The zero-order chi connectivity index (χ0) is 22.7. The van der Waals surface area contributed by atoms with Crippen LogP contribution in [0, 0.1) is 13.8 Å². The molecule has 168 valence electrons. The smallest absolute Gasteiger partial charge is 0.264 e. The second-order valence-electron chi connectivity index (χ2n) is 8.73. The van der Waals surface area contributed by atoms with Gasteiger partial charge >= 0.3 is 0 Å². The van der Waals surface area contributed by atoms with E-state index in [9.17, 15) is 13.2 Å². The van der Waals surface area contributed by atoms with Gasteiger partial charge in [0.15, 0.2) is 0 Å². The van der Waals surface area contributed by atoms with Gasteiger partial charge in [0.1, 0.15) is 0 Å². The summed E-state index contributed by atoms with van der Waals surface area (Å²) in [5.74, 6) is -0.0972. The summed E-state index contributed by atoms with van der Waals surface area (Å²) in [6.45, 7) is 3.99. The second kappa shape index (κ2) is 9.33. The molecule has 1 saturated carbocycles. The lowest BCUT2D eigenvalue weighted by Gasteiger charge is -2.26. The average Bonchev–Trinajstić information content (AvgIpc) is 3.25. The molecule has 32 heavy (non-hydrogen) atoms. The fourth-order valence-electron chi connectivity index (χ4n) is 4.51. The predicted molar refractivity (Wildman–Crippen MR) is 129 cm³/mol. The van der Waals surface area contributed by atoms with E-state index in [-0.39, 0.29) is 29.8 Å². The number of fused-ring (bicyclic) bond motifs is 1. The summed E-state index contributed by atoms with van der Waals surface area (Å²) in [4.78, 5) is 12.8. The molecule has 0 radical (unpaired) electrons. The van der Waals surface area contributed by atoms with Gasteiger partial charge in [-0.3, -0.25) is 9.10 Å². The van der Waals surface area contributed by atoms with E-state index in [1.54, 1.807) is 12.1 Å². The molecule has 0 saturated heterocycles. The molecule has 1 aliphatic carbocycles. The third-order valence-electron chi connectivity index (χ3n) is 6.07. The molecule has 3 aromatic carbocycles. The van der Waals surface area contributed by atoms with Gasteiger partial charge in [-0.05, 0) is 72.9 Å². The normalized spacial score (nSPS) is 14.6. The first-order valence-corrected chi connectivity index (χ1v) is 12.7. The van der Waals surface area contributed by atoms with E-state index in [0.717, 1.165) is 47.6 Å². The largest absolute Gasteiger partial charge is 0.353 e. The van der Waals surface area contributed by atoms with Crippen molar-refractivity contribution in [1.82, 2.24) is 5.32 Å². The van der Waals surface area contributed by atoms with Gasteiger partial charge in [0.05, 0.1) is 10.6 Å². The molecule has 0 unspecified atom stereocenters. The average molecular weight is 451 g/mol. The van der Waals surface area contributed by atoms with Gasteiger partial charge in [0.25, 0.3) is 10.0 Å². The monoisotopic (exact) mass is 450 g/mol. The molecule has 4 rings (SSSR count). The van der Waals surface area contributed by atoms with Gasteiger partial charge < -0.3 is 5.32 Å². The van der Waals surface area contributed by atoms with Crippen molar-refractivity contribution in [3.05, 3.63) is 71.8 Å².